The van der Waals surface area contributed by atoms with Gasteiger partial charge in [-0.2, -0.15) is 0 Å². The van der Waals surface area contributed by atoms with Gasteiger partial charge in [-0.05, 0) is 18.1 Å². The van der Waals surface area contributed by atoms with Gasteiger partial charge in [-0.25, -0.2) is 0 Å². The van der Waals surface area contributed by atoms with Crippen LogP contribution in [0.25, 0.3) is 0 Å². The highest BCUT2D eigenvalue weighted by Gasteiger charge is 2.30. The van der Waals surface area contributed by atoms with Gasteiger partial charge in [0.05, 0.1) is 12.0 Å². The maximum Gasteiger partial charge on any atom is 0.229 e. The molecule has 1 aromatic carbocycles. The van der Waals surface area contributed by atoms with Gasteiger partial charge >= 0.3 is 0 Å². The summed E-state index contributed by atoms with van der Waals surface area (Å²) in [5.41, 5.74) is 6.60. The highest BCUT2D eigenvalue weighted by atomic mass is 32.2. The molecule has 0 saturated carbocycles. The van der Waals surface area contributed by atoms with Crippen molar-refractivity contribution in [1.82, 2.24) is 5.32 Å². The molecule has 0 spiro atoms. The van der Waals surface area contributed by atoms with Gasteiger partial charge in [0.1, 0.15) is 0 Å². The number of rotatable bonds is 4. The van der Waals surface area contributed by atoms with E-state index < -0.39 is 6.04 Å². The lowest BCUT2D eigenvalue weighted by Crippen LogP contribution is -2.46. The Balaban J connectivity index is 2.10. The number of hydrogen-bond acceptors (Lipinski definition) is 4. The van der Waals surface area contributed by atoms with Crippen LogP contribution in [0.5, 0.6) is 0 Å². The van der Waals surface area contributed by atoms with E-state index in [2.05, 4.69) is 10.5 Å². The lowest BCUT2D eigenvalue weighted by Gasteiger charge is -2.18. The van der Waals surface area contributed by atoms with Crippen molar-refractivity contribution in [2.24, 2.45) is 10.9 Å². The maximum atomic E-state index is 12.3. The topological polar surface area (TPSA) is 87.7 Å². The van der Waals surface area contributed by atoms with E-state index in [1.165, 1.54) is 0 Å². The zero-order valence-corrected chi connectivity index (χ0v) is 11.5. The summed E-state index contributed by atoms with van der Waals surface area (Å²) in [6.07, 6.45) is 0.586. The number of nitrogens with two attached hydrogens (primary N) is 1. The first-order valence-corrected chi connectivity index (χ1v) is 7.15. The van der Waals surface area contributed by atoms with Crippen LogP contribution in [0.15, 0.2) is 34.3 Å². The van der Waals surface area contributed by atoms with E-state index in [9.17, 15) is 4.79 Å². The largest absolute Gasteiger partial charge is 0.409 e. The first-order chi connectivity index (χ1) is 9.17. The zero-order chi connectivity index (χ0) is 13.8. The molecule has 0 aliphatic carbocycles. The average molecular weight is 279 g/mol. The minimum Gasteiger partial charge on any atom is -0.409 e. The Morgan fingerprint density at radius 2 is 2.37 bits per heavy atom. The van der Waals surface area contributed by atoms with Crippen LogP contribution >= 0.6 is 11.8 Å². The molecule has 0 saturated heterocycles. The maximum absolute atomic E-state index is 12.3. The van der Waals surface area contributed by atoms with Crippen molar-refractivity contribution in [3.05, 3.63) is 29.8 Å². The van der Waals surface area contributed by atoms with Crippen molar-refractivity contribution in [3.63, 3.8) is 0 Å². The summed E-state index contributed by atoms with van der Waals surface area (Å²) >= 11 is 1.68. The number of thioether (sulfide) groups is 1. The second kappa shape index (κ2) is 5.97. The van der Waals surface area contributed by atoms with Crippen LogP contribution in [0, 0.1) is 0 Å². The third-order valence-electron chi connectivity index (χ3n) is 3.21. The molecule has 4 N–H and O–H groups in total. The van der Waals surface area contributed by atoms with Crippen LogP contribution in [0.4, 0.5) is 0 Å². The summed E-state index contributed by atoms with van der Waals surface area (Å²) in [6, 6.07) is 7.48. The number of benzene rings is 1. The van der Waals surface area contributed by atoms with Gasteiger partial charge in [0, 0.05) is 10.6 Å². The smallest absolute Gasteiger partial charge is 0.229 e. The molecule has 0 aromatic heterocycles. The number of nitrogens with one attached hydrogen (secondary N) is 1. The number of oxime groups is 1. The van der Waals surface area contributed by atoms with Crippen molar-refractivity contribution in [3.8, 4) is 0 Å². The third kappa shape index (κ3) is 2.84. The number of amidine groups is 1. The molecule has 0 bridgehead atoms. The van der Waals surface area contributed by atoms with Crippen LogP contribution in [-0.4, -0.2) is 28.7 Å². The number of carbonyl (C=O) groups is 1. The molecular weight excluding hydrogens is 262 g/mol. The van der Waals surface area contributed by atoms with Gasteiger partial charge < -0.3 is 16.3 Å². The van der Waals surface area contributed by atoms with Crippen LogP contribution in [0.1, 0.15) is 24.8 Å². The summed E-state index contributed by atoms with van der Waals surface area (Å²) in [4.78, 5) is 13.4. The molecule has 2 rings (SSSR count). The SMILES string of the molecule is CCC(NC(=O)C1CSc2ccccc21)C(N)=NO. The molecule has 6 heteroatoms. The summed E-state index contributed by atoms with van der Waals surface area (Å²) in [5, 5.41) is 14.5. The molecule has 1 aliphatic heterocycles. The highest BCUT2D eigenvalue weighted by molar-refractivity contribution is 7.99. The summed E-state index contributed by atoms with van der Waals surface area (Å²) in [6.45, 7) is 1.88. The molecule has 1 aromatic rings. The Morgan fingerprint density at radius 1 is 1.63 bits per heavy atom. The van der Waals surface area contributed by atoms with Crippen LogP contribution in [0.2, 0.25) is 0 Å². The van der Waals surface area contributed by atoms with E-state index in [4.69, 9.17) is 10.9 Å². The normalized spacial score (nSPS) is 19.8. The van der Waals surface area contributed by atoms with E-state index in [1.54, 1.807) is 11.8 Å². The van der Waals surface area contributed by atoms with Gasteiger partial charge in [0.2, 0.25) is 5.91 Å². The van der Waals surface area contributed by atoms with E-state index in [0.717, 1.165) is 16.2 Å². The molecule has 19 heavy (non-hydrogen) atoms. The third-order valence-corrected chi connectivity index (χ3v) is 4.40. The Hall–Kier alpha value is -1.69. The first kappa shape index (κ1) is 13.7. The molecule has 1 amide bonds. The van der Waals surface area contributed by atoms with Gasteiger partial charge in [-0.15, -0.1) is 11.8 Å². The summed E-state index contributed by atoms with van der Waals surface area (Å²) in [5.74, 6) is 0.532. The van der Waals surface area contributed by atoms with Gasteiger partial charge in [0.15, 0.2) is 5.84 Å². The molecule has 1 aliphatic rings. The fraction of sp³-hybridized carbons (Fsp3) is 0.385. The first-order valence-electron chi connectivity index (χ1n) is 6.16. The van der Waals surface area contributed by atoms with Crippen molar-refractivity contribution in [1.29, 1.82) is 0 Å². The van der Waals surface area contributed by atoms with Crippen molar-refractivity contribution in [2.75, 3.05) is 5.75 Å². The molecule has 0 radical (unpaired) electrons. The van der Waals surface area contributed by atoms with Crippen LogP contribution in [-0.2, 0) is 4.79 Å². The number of fused-ring (bicyclic) bond motifs is 1. The lowest BCUT2D eigenvalue weighted by molar-refractivity contribution is -0.122. The zero-order valence-electron chi connectivity index (χ0n) is 10.7. The standard InChI is InChI=1S/C13H17N3O2S/c1-2-10(12(14)16-18)15-13(17)9-7-19-11-6-4-3-5-8(9)11/h3-6,9-10,18H,2,7H2,1H3,(H2,14,16)(H,15,17). The minimum atomic E-state index is -0.421. The monoisotopic (exact) mass is 279 g/mol. The van der Waals surface area contributed by atoms with E-state index in [-0.39, 0.29) is 17.7 Å². The lowest BCUT2D eigenvalue weighted by atomic mass is 10.00. The van der Waals surface area contributed by atoms with Crippen molar-refractivity contribution < 1.29 is 10.0 Å². The molecule has 5 nitrogen and oxygen atoms in total. The predicted octanol–water partition coefficient (Wildman–Crippen LogP) is 1.52. The van der Waals surface area contributed by atoms with E-state index >= 15 is 0 Å². The summed E-state index contributed by atoms with van der Waals surface area (Å²) in [7, 11) is 0. The van der Waals surface area contributed by atoms with Crippen LogP contribution < -0.4 is 11.1 Å². The Bertz CT molecular complexity index is 504. The Kier molecular flexibility index (Phi) is 4.31. The molecule has 2 atom stereocenters. The van der Waals surface area contributed by atoms with Gasteiger partial charge in [-0.1, -0.05) is 30.3 Å². The molecule has 0 fully saturated rings. The van der Waals surface area contributed by atoms with Gasteiger partial charge in [-0.3, -0.25) is 4.79 Å². The molecule has 102 valence electrons. The van der Waals surface area contributed by atoms with E-state index in [0.29, 0.717) is 6.42 Å². The molecule has 2 unspecified atom stereocenters. The minimum absolute atomic E-state index is 0.0368. The molecule has 1 heterocycles. The number of amides is 1. The number of nitrogens with zero attached hydrogens (tertiary/aromatic N) is 1. The quantitative estimate of drug-likeness (QED) is 0.337. The van der Waals surface area contributed by atoms with Gasteiger partial charge in [0.25, 0.3) is 0 Å². The molecular formula is C13H17N3O2S. The second-order valence-electron chi connectivity index (χ2n) is 4.40. The van der Waals surface area contributed by atoms with Crippen molar-refractivity contribution >= 4 is 23.5 Å². The second-order valence-corrected chi connectivity index (χ2v) is 5.46. The number of carbonyl (C=O) groups excluding carboxylic acids is 1. The Morgan fingerprint density at radius 3 is 3.05 bits per heavy atom. The highest BCUT2D eigenvalue weighted by Crippen LogP contribution is 2.39. The fourth-order valence-corrected chi connectivity index (χ4v) is 3.34. The van der Waals surface area contributed by atoms with Crippen molar-refractivity contribution in [2.45, 2.75) is 30.2 Å². The predicted molar refractivity (Wildman–Crippen MR) is 75.5 cm³/mol. The fourth-order valence-electron chi connectivity index (χ4n) is 2.11. The summed E-state index contributed by atoms with van der Waals surface area (Å²) < 4.78 is 0. The average Bonchev–Trinajstić information content (AvgIpc) is 2.87. The number of hydrogen-bond donors (Lipinski definition) is 3. The van der Waals surface area contributed by atoms with E-state index in [1.807, 2.05) is 31.2 Å². The van der Waals surface area contributed by atoms with Crippen LogP contribution in [0.3, 0.4) is 0 Å². The Labute approximate surface area is 116 Å².